The van der Waals surface area contributed by atoms with E-state index in [2.05, 4.69) is 103 Å². The molecule has 0 atom stereocenters. The number of aromatic nitrogens is 2. The maximum atomic E-state index is 2.57. The molecule has 0 fully saturated rings. The van der Waals surface area contributed by atoms with Gasteiger partial charge >= 0.3 is 0 Å². The van der Waals surface area contributed by atoms with Crippen LogP contribution in [0.2, 0.25) is 0 Å². The Morgan fingerprint density at radius 3 is 1.46 bits per heavy atom. The second-order valence-electron chi connectivity index (χ2n) is 9.06. The van der Waals surface area contributed by atoms with E-state index < -0.39 is 0 Å². The first kappa shape index (κ1) is 19.9. The predicted octanol–water partition coefficient (Wildman–Crippen LogP) is 9.34. The van der Waals surface area contributed by atoms with Crippen molar-refractivity contribution in [2.45, 2.75) is 13.1 Å². The lowest BCUT2D eigenvalue weighted by Crippen LogP contribution is -2.03. The van der Waals surface area contributed by atoms with E-state index >= 15 is 0 Å². The molecule has 0 spiro atoms. The Labute approximate surface area is 213 Å². The van der Waals surface area contributed by atoms with E-state index in [1.807, 2.05) is 34.0 Å². The first-order valence-corrected chi connectivity index (χ1v) is 14.4. The summed E-state index contributed by atoms with van der Waals surface area (Å²) in [7, 11) is 0. The van der Waals surface area contributed by atoms with Crippen molar-refractivity contribution in [3.63, 3.8) is 0 Å². The Kier molecular flexibility index (Phi) is 4.29. The summed E-state index contributed by atoms with van der Waals surface area (Å²) in [5, 5.41) is 14.8. The fraction of sp³-hybridized carbons (Fsp3) is 0.0667. The van der Waals surface area contributed by atoms with Gasteiger partial charge in [-0.05, 0) is 44.8 Å². The Morgan fingerprint density at radius 2 is 1.00 bits per heavy atom. The van der Waals surface area contributed by atoms with Gasteiger partial charge in [-0.3, -0.25) is 0 Å². The van der Waals surface area contributed by atoms with Crippen LogP contribution in [0.25, 0.3) is 53.0 Å². The minimum absolute atomic E-state index is 0.868. The van der Waals surface area contributed by atoms with Crippen molar-refractivity contribution in [1.29, 1.82) is 0 Å². The molecule has 0 radical (unpaired) electrons. The molecule has 0 aliphatic carbocycles. The lowest BCUT2D eigenvalue weighted by atomic mass is 10.1. The van der Waals surface area contributed by atoms with E-state index in [0.717, 1.165) is 13.1 Å². The quantitative estimate of drug-likeness (QED) is 0.226. The van der Waals surface area contributed by atoms with Gasteiger partial charge in [0.15, 0.2) is 0 Å². The number of fused-ring (bicyclic) bond motifs is 10. The zero-order valence-corrected chi connectivity index (χ0v) is 21.2. The summed E-state index contributed by atoms with van der Waals surface area (Å²) in [5.74, 6) is 0. The molecular formula is C30H20N2S3. The van der Waals surface area contributed by atoms with Gasteiger partial charge in [0.1, 0.15) is 0 Å². The molecule has 8 aromatic rings. The Morgan fingerprint density at radius 1 is 0.543 bits per heavy atom. The molecule has 5 aromatic heterocycles. The van der Waals surface area contributed by atoms with Crippen molar-refractivity contribution < 1.29 is 0 Å². The molecule has 2 nitrogen and oxygen atoms in total. The molecule has 0 N–H and O–H groups in total. The van der Waals surface area contributed by atoms with Crippen LogP contribution in [0, 0.1) is 0 Å². The van der Waals surface area contributed by atoms with Gasteiger partial charge in [0.05, 0.1) is 31.5 Å². The average molecular weight is 505 g/mol. The molecule has 0 aliphatic rings. The topological polar surface area (TPSA) is 9.86 Å². The van der Waals surface area contributed by atoms with Crippen LogP contribution in [0.3, 0.4) is 0 Å². The van der Waals surface area contributed by atoms with Gasteiger partial charge in [0.25, 0.3) is 0 Å². The molecule has 3 aromatic carbocycles. The minimum atomic E-state index is 0.868. The summed E-state index contributed by atoms with van der Waals surface area (Å²) < 4.78 is 7.94. The first-order chi connectivity index (χ1) is 17.4. The van der Waals surface area contributed by atoms with E-state index in [9.17, 15) is 0 Å². The highest BCUT2D eigenvalue weighted by atomic mass is 32.1. The number of rotatable bonds is 4. The zero-order valence-electron chi connectivity index (χ0n) is 18.8. The number of hydrogen-bond acceptors (Lipinski definition) is 3. The number of benzene rings is 3. The average Bonchev–Trinajstić information content (AvgIpc) is 3.70. The lowest BCUT2D eigenvalue weighted by Gasteiger charge is -2.13. The van der Waals surface area contributed by atoms with Crippen LogP contribution in [0.5, 0.6) is 0 Å². The zero-order chi connectivity index (χ0) is 22.9. The molecule has 0 aliphatic heterocycles. The molecule has 8 rings (SSSR count). The molecule has 0 bridgehead atoms. The van der Waals surface area contributed by atoms with Crippen LogP contribution in [0.4, 0.5) is 0 Å². The number of thiophene rings is 3. The van der Waals surface area contributed by atoms with Crippen molar-refractivity contribution in [2.24, 2.45) is 0 Å². The summed E-state index contributed by atoms with van der Waals surface area (Å²) in [6.45, 7) is 1.74. The molecule has 5 heterocycles. The second-order valence-corrected chi connectivity index (χ2v) is 11.6. The maximum absolute atomic E-state index is 2.57. The Hall–Kier alpha value is -3.38. The van der Waals surface area contributed by atoms with Crippen molar-refractivity contribution >= 4 is 87.0 Å². The molecule has 5 heteroatoms. The molecule has 0 saturated carbocycles. The lowest BCUT2D eigenvalue weighted by molar-refractivity contribution is 0.849. The van der Waals surface area contributed by atoms with Gasteiger partial charge in [-0.25, -0.2) is 0 Å². The number of hydrogen-bond donors (Lipinski definition) is 0. The maximum Gasteiger partial charge on any atom is 0.0758 e. The van der Waals surface area contributed by atoms with Crippen LogP contribution in [0.1, 0.15) is 11.1 Å². The molecular weight excluding hydrogens is 485 g/mol. The monoisotopic (exact) mass is 504 g/mol. The molecule has 0 amide bonds. The standard InChI is InChI=1S/C30H20N2S3/c1-3-7-19(8-4-1)15-31-23-11-13-34-29(23)25-21-17-33-18-22(21)26-28(27(25)31)32(24-12-14-35-30(24)26)16-20-9-5-2-6-10-20/h1-14,17-18H,15-16H2. The molecule has 35 heavy (non-hydrogen) atoms. The number of nitrogens with zero attached hydrogens (tertiary/aromatic N) is 2. The summed E-state index contributed by atoms with van der Waals surface area (Å²) >= 11 is 5.56. The third kappa shape index (κ3) is 2.80. The van der Waals surface area contributed by atoms with Gasteiger partial charge in [0.2, 0.25) is 0 Å². The van der Waals surface area contributed by atoms with Crippen LogP contribution >= 0.6 is 34.0 Å². The molecule has 0 unspecified atom stereocenters. The highest BCUT2D eigenvalue weighted by molar-refractivity contribution is 7.19. The van der Waals surface area contributed by atoms with Gasteiger partial charge < -0.3 is 9.13 Å². The summed E-state index contributed by atoms with van der Waals surface area (Å²) in [6.07, 6.45) is 0. The Bertz CT molecular complexity index is 1850. The third-order valence-corrected chi connectivity index (χ3v) is 9.72. The molecule has 168 valence electrons. The summed E-state index contributed by atoms with van der Waals surface area (Å²) in [6, 6.07) is 26.4. The van der Waals surface area contributed by atoms with Gasteiger partial charge in [-0.15, -0.1) is 22.7 Å². The first-order valence-electron chi connectivity index (χ1n) is 11.7. The highest BCUT2D eigenvalue weighted by Gasteiger charge is 2.25. The summed E-state index contributed by atoms with van der Waals surface area (Å²) in [4.78, 5) is 0. The SMILES string of the molecule is c1ccc(Cn2c3ccsc3c3c4cscc4c4c5sccc5n(Cc5ccccc5)c4c32)cc1. The van der Waals surface area contributed by atoms with Crippen LogP contribution in [0.15, 0.2) is 94.3 Å². The van der Waals surface area contributed by atoms with Crippen molar-refractivity contribution in [3.8, 4) is 0 Å². The third-order valence-electron chi connectivity index (χ3n) is 7.13. The minimum Gasteiger partial charge on any atom is -0.334 e. The van der Waals surface area contributed by atoms with Crippen molar-refractivity contribution in [3.05, 3.63) is 105 Å². The highest BCUT2D eigenvalue weighted by Crippen LogP contribution is 2.48. The predicted molar refractivity (Wildman–Crippen MR) is 155 cm³/mol. The van der Waals surface area contributed by atoms with E-state index in [-0.39, 0.29) is 0 Å². The van der Waals surface area contributed by atoms with Crippen LogP contribution in [-0.4, -0.2) is 9.13 Å². The van der Waals surface area contributed by atoms with Crippen molar-refractivity contribution in [2.75, 3.05) is 0 Å². The fourth-order valence-corrected chi connectivity index (χ4v) is 8.41. The summed E-state index contributed by atoms with van der Waals surface area (Å²) in [5.41, 5.74) is 8.08. The van der Waals surface area contributed by atoms with Crippen LogP contribution in [-0.2, 0) is 13.1 Å². The van der Waals surface area contributed by atoms with E-state index in [1.165, 1.54) is 64.1 Å². The van der Waals surface area contributed by atoms with E-state index in [1.54, 1.807) is 0 Å². The Balaban J connectivity index is 1.58. The van der Waals surface area contributed by atoms with Crippen LogP contribution < -0.4 is 0 Å². The van der Waals surface area contributed by atoms with E-state index in [4.69, 9.17) is 0 Å². The van der Waals surface area contributed by atoms with Gasteiger partial charge in [-0.2, -0.15) is 11.3 Å². The fourth-order valence-electron chi connectivity index (χ4n) is 5.67. The van der Waals surface area contributed by atoms with Gasteiger partial charge in [-0.1, -0.05) is 60.7 Å². The second kappa shape index (κ2) is 7.56. The van der Waals surface area contributed by atoms with Gasteiger partial charge in [0, 0.05) is 34.6 Å². The smallest absolute Gasteiger partial charge is 0.0758 e. The van der Waals surface area contributed by atoms with Crippen molar-refractivity contribution in [1.82, 2.24) is 9.13 Å². The van der Waals surface area contributed by atoms with E-state index in [0.29, 0.717) is 0 Å². The molecule has 0 saturated heterocycles. The largest absolute Gasteiger partial charge is 0.334 e. The normalized spacial score (nSPS) is 12.2.